The van der Waals surface area contributed by atoms with E-state index in [0.29, 0.717) is 15.9 Å². The number of aromatic nitrogens is 3. The van der Waals surface area contributed by atoms with Crippen LogP contribution in [0.25, 0.3) is 17.1 Å². The number of carbonyl (C=O) groups is 1. The highest BCUT2D eigenvalue weighted by molar-refractivity contribution is 6.42. The standard InChI is InChI=1S/C21H20Cl2N4O2/c1-29-21-25-19(14-6-11-17(22)18(23)12-14)27(26-21)16-9-7-15(8-10-16)24-20(28)13-4-2-3-5-13/h6-13H,2-5H2,1H3,(H,24,28). The lowest BCUT2D eigenvalue weighted by atomic mass is 10.1. The van der Waals surface area contributed by atoms with Crippen LogP contribution in [0, 0.1) is 5.92 Å². The van der Waals surface area contributed by atoms with Gasteiger partial charge in [0.2, 0.25) is 5.91 Å². The number of nitrogens with one attached hydrogen (secondary N) is 1. The van der Waals surface area contributed by atoms with Gasteiger partial charge in [0.15, 0.2) is 5.82 Å². The minimum Gasteiger partial charge on any atom is -0.466 e. The van der Waals surface area contributed by atoms with Gasteiger partial charge in [-0.15, -0.1) is 5.10 Å². The molecule has 0 atom stereocenters. The maximum Gasteiger partial charge on any atom is 0.336 e. The molecule has 0 saturated heterocycles. The summed E-state index contributed by atoms with van der Waals surface area (Å²) in [6.07, 6.45) is 4.19. The number of benzene rings is 2. The second-order valence-corrected chi connectivity index (χ2v) is 7.79. The van der Waals surface area contributed by atoms with Crippen molar-refractivity contribution in [2.75, 3.05) is 12.4 Å². The molecule has 8 heteroatoms. The van der Waals surface area contributed by atoms with E-state index in [1.54, 1.807) is 16.8 Å². The number of nitrogens with zero attached hydrogens (tertiary/aromatic N) is 3. The van der Waals surface area contributed by atoms with Gasteiger partial charge in [0.1, 0.15) is 0 Å². The third-order valence-electron chi connectivity index (χ3n) is 5.05. The zero-order valence-corrected chi connectivity index (χ0v) is 17.4. The fraction of sp³-hybridized carbons (Fsp3) is 0.286. The highest BCUT2D eigenvalue weighted by atomic mass is 35.5. The van der Waals surface area contributed by atoms with Crippen molar-refractivity contribution in [3.8, 4) is 23.1 Å². The molecule has 1 heterocycles. The molecule has 2 aromatic carbocycles. The fourth-order valence-corrected chi connectivity index (χ4v) is 3.80. The van der Waals surface area contributed by atoms with Gasteiger partial charge in [-0.25, -0.2) is 4.68 Å². The van der Waals surface area contributed by atoms with E-state index >= 15 is 0 Å². The number of methoxy groups -OCH3 is 1. The van der Waals surface area contributed by atoms with Crippen LogP contribution < -0.4 is 10.1 Å². The van der Waals surface area contributed by atoms with Gasteiger partial charge in [-0.2, -0.15) is 4.98 Å². The highest BCUT2D eigenvalue weighted by Crippen LogP contribution is 2.30. The Labute approximate surface area is 178 Å². The Morgan fingerprint density at radius 3 is 2.48 bits per heavy atom. The topological polar surface area (TPSA) is 69.0 Å². The first kappa shape index (κ1) is 19.7. The maximum absolute atomic E-state index is 12.3. The van der Waals surface area contributed by atoms with Crippen molar-refractivity contribution in [3.63, 3.8) is 0 Å². The van der Waals surface area contributed by atoms with Crippen LogP contribution in [0.3, 0.4) is 0 Å². The summed E-state index contributed by atoms with van der Waals surface area (Å²) in [6, 6.07) is 13.0. The van der Waals surface area contributed by atoms with Crippen LogP contribution in [0.5, 0.6) is 6.01 Å². The van der Waals surface area contributed by atoms with Crippen LogP contribution in [0.2, 0.25) is 10.0 Å². The van der Waals surface area contributed by atoms with Gasteiger partial charge in [0.05, 0.1) is 22.8 Å². The molecule has 1 aliphatic rings. The summed E-state index contributed by atoms with van der Waals surface area (Å²) in [6.45, 7) is 0. The van der Waals surface area contributed by atoms with Crippen molar-refractivity contribution in [1.29, 1.82) is 0 Å². The van der Waals surface area contributed by atoms with E-state index in [1.807, 2.05) is 30.3 Å². The Morgan fingerprint density at radius 2 is 1.83 bits per heavy atom. The van der Waals surface area contributed by atoms with Crippen molar-refractivity contribution in [3.05, 3.63) is 52.5 Å². The molecule has 29 heavy (non-hydrogen) atoms. The summed E-state index contributed by atoms with van der Waals surface area (Å²) in [4.78, 5) is 16.8. The Hall–Kier alpha value is -2.57. The number of anilines is 1. The summed E-state index contributed by atoms with van der Waals surface area (Å²) in [7, 11) is 1.51. The molecular weight excluding hydrogens is 411 g/mol. The van der Waals surface area contributed by atoms with E-state index in [9.17, 15) is 4.79 Å². The predicted molar refractivity (Wildman–Crippen MR) is 114 cm³/mol. The lowest BCUT2D eigenvalue weighted by Gasteiger charge is -2.11. The minimum atomic E-state index is 0.0918. The number of halogens is 2. The van der Waals surface area contributed by atoms with Gasteiger partial charge in [-0.05, 0) is 55.3 Å². The Morgan fingerprint density at radius 1 is 1.10 bits per heavy atom. The van der Waals surface area contributed by atoms with Crippen LogP contribution in [-0.4, -0.2) is 27.8 Å². The van der Waals surface area contributed by atoms with Crippen LogP contribution in [0.1, 0.15) is 25.7 Å². The van der Waals surface area contributed by atoms with E-state index < -0.39 is 0 Å². The van der Waals surface area contributed by atoms with E-state index in [2.05, 4.69) is 15.4 Å². The van der Waals surface area contributed by atoms with Crippen molar-refractivity contribution < 1.29 is 9.53 Å². The average molecular weight is 431 g/mol. The van der Waals surface area contributed by atoms with Gasteiger partial charge in [0, 0.05) is 17.2 Å². The minimum absolute atomic E-state index is 0.0918. The van der Waals surface area contributed by atoms with Crippen molar-refractivity contribution in [1.82, 2.24) is 14.8 Å². The average Bonchev–Trinajstić information content (AvgIpc) is 3.41. The summed E-state index contributed by atoms with van der Waals surface area (Å²) in [5.74, 6) is 0.785. The molecular formula is C21H20Cl2N4O2. The maximum atomic E-state index is 12.3. The lowest BCUT2D eigenvalue weighted by molar-refractivity contribution is -0.119. The van der Waals surface area contributed by atoms with Crippen LogP contribution in [-0.2, 0) is 4.79 Å². The van der Waals surface area contributed by atoms with E-state index in [1.165, 1.54) is 7.11 Å². The van der Waals surface area contributed by atoms with Gasteiger partial charge in [-0.1, -0.05) is 36.0 Å². The largest absolute Gasteiger partial charge is 0.466 e. The first-order chi connectivity index (χ1) is 14.0. The Balaban J connectivity index is 1.61. The van der Waals surface area contributed by atoms with E-state index in [0.717, 1.165) is 42.6 Å². The van der Waals surface area contributed by atoms with Crippen molar-refractivity contribution in [2.45, 2.75) is 25.7 Å². The van der Waals surface area contributed by atoms with Crippen molar-refractivity contribution in [2.24, 2.45) is 5.92 Å². The molecule has 1 fully saturated rings. The van der Waals surface area contributed by atoms with Crippen LogP contribution in [0.4, 0.5) is 5.69 Å². The molecule has 0 radical (unpaired) electrons. The second kappa shape index (κ2) is 8.43. The summed E-state index contributed by atoms with van der Waals surface area (Å²) >= 11 is 12.2. The zero-order chi connectivity index (χ0) is 20.4. The Bertz CT molecular complexity index is 1030. The number of carbonyl (C=O) groups excluding carboxylic acids is 1. The molecule has 4 rings (SSSR count). The van der Waals surface area contributed by atoms with Crippen molar-refractivity contribution >= 4 is 34.8 Å². The molecule has 1 N–H and O–H groups in total. The van der Waals surface area contributed by atoms with Crippen LogP contribution in [0.15, 0.2) is 42.5 Å². The SMILES string of the molecule is COc1nc(-c2ccc(Cl)c(Cl)c2)n(-c2ccc(NC(=O)C3CCCC3)cc2)n1. The normalized spacial score (nSPS) is 14.2. The molecule has 150 valence electrons. The van der Waals surface area contributed by atoms with Gasteiger partial charge >= 0.3 is 6.01 Å². The van der Waals surface area contributed by atoms with Gasteiger partial charge in [0.25, 0.3) is 0 Å². The Kier molecular flexibility index (Phi) is 5.74. The molecule has 0 unspecified atom stereocenters. The lowest BCUT2D eigenvalue weighted by Crippen LogP contribution is -2.20. The molecule has 1 amide bonds. The molecule has 0 aliphatic heterocycles. The molecule has 1 aliphatic carbocycles. The first-order valence-corrected chi connectivity index (χ1v) is 10.2. The predicted octanol–water partition coefficient (Wildman–Crippen LogP) is 5.38. The summed E-state index contributed by atoms with van der Waals surface area (Å²) in [5.41, 5.74) is 2.29. The fourth-order valence-electron chi connectivity index (χ4n) is 3.50. The number of hydrogen-bond donors (Lipinski definition) is 1. The number of ether oxygens (including phenoxy) is 1. The molecule has 0 spiro atoms. The smallest absolute Gasteiger partial charge is 0.336 e. The van der Waals surface area contributed by atoms with E-state index in [4.69, 9.17) is 27.9 Å². The molecule has 0 bridgehead atoms. The van der Waals surface area contributed by atoms with Gasteiger partial charge < -0.3 is 10.1 Å². The first-order valence-electron chi connectivity index (χ1n) is 9.43. The molecule has 6 nitrogen and oxygen atoms in total. The molecule has 3 aromatic rings. The quantitative estimate of drug-likeness (QED) is 0.589. The van der Waals surface area contributed by atoms with E-state index in [-0.39, 0.29) is 17.8 Å². The number of rotatable bonds is 5. The third-order valence-corrected chi connectivity index (χ3v) is 5.79. The van der Waals surface area contributed by atoms with Crippen LogP contribution >= 0.6 is 23.2 Å². The zero-order valence-electron chi connectivity index (χ0n) is 15.9. The number of amides is 1. The highest BCUT2D eigenvalue weighted by Gasteiger charge is 2.22. The third kappa shape index (κ3) is 4.23. The monoisotopic (exact) mass is 430 g/mol. The summed E-state index contributed by atoms with van der Waals surface area (Å²) in [5, 5.41) is 8.30. The second-order valence-electron chi connectivity index (χ2n) is 6.98. The number of hydrogen-bond acceptors (Lipinski definition) is 4. The molecule has 1 saturated carbocycles. The van der Waals surface area contributed by atoms with Gasteiger partial charge in [-0.3, -0.25) is 4.79 Å². The molecule has 1 aromatic heterocycles. The summed E-state index contributed by atoms with van der Waals surface area (Å²) < 4.78 is 6.87.